The summed E-state index contributed by atoms with van der Waals surface area (Å²) in [6.45, 7) is 6.66. The molecule has 0 N–H and O–H groups in total. The summed E-state index contributed by atoms with van der Waals surface area (Å²) in [6, 6.07) is 0. The smallest absolute Gasteiger partial charge is 0.410 e. The Morgan fingerprint density at radius 2 is 1.58 bits per heavy atom. The van der Waals surface area contributed by atoms with Crippen LogP contribution in [0.25, 0.3) is 0 Å². The minimum absolute atomic E-state index is 0.0515. The van der Waals surface area contributed by atoms with Crippen molar-refractivity contribution in [3.05, 3.63) is 0 Å². The molecule has 0 aromatic heterocycles. The predicted molar refractivity (Wildman–Crippen MR) is 72.9 cm³/mol. The Labute approximate surface area is 115 Å². The van der Waals surface area contributed by atoms with Crippen LogP contribution in [0.5, 0.6) is 0 Å². The van der Waals surface area contributed by atoms with Crippen LogP contribution in [0, 0.1) is 11.8 Å². The van der Waals surface area contributed by atoms with E-state index < -0.39 is 5.60 Å². The number of nitrogens with zero attached hydrogens (tertiary/aromatic N) is 1. The number of hydrogen-bond donors (Lipinski definition) is 0. The van der Waals surface area contributed by atoms with Crippen LogP contribution in [0.4, 0.5) is 4.79 Å². The average Bonchev–Trinajstić information content (AvgIpc) is 2.25. The van der Waals surface area contributed by atoms with E-state index in [9.17, 15) is 9.59 Å². The monoisotopic (exact) mass is 267 g/mol. The van der Waals surface area contributed by atoms with Crippen LogP contribution in [-0.4, -0.2) is 35.5 Å². The van der Waals surface area contributed by atoms with Gasteiger partial charge in [0.15, 0.2) is 0 Å². The van der Waals surface area contributed by atoms with Crippen molar-refractivity contribution in [2.75, 3.05) is 13.1 Å². The van der Waals surface area contributed by atoms with Gasteiger partial charge in [0.2, 0.25) is 0 Å². The van der Waals surface area contributed by atoms with Crippen molar-refractivity contribution in [3.8, 4) is 0 Å². The third-order valence-electron chi connectivity index (χ3n) is 3.94. The molecule has 0 atom stereocenters. The molecule has 108 valence electrons. The molecule has 1 aliphatic heterocycles. The van der Waals surface area contributed by atoms with E-state index in [0.29, 0.717) is 18.9 Å². The number of hydrogen-bond acceptors (Lipinski definition) is 3. The molecular weight excluding hydrogens is 242 g/mol. The molecule has 2 aliphatic rings. The van der Waals surface area contributed by atoms with Gasteiger partial charge in [-0.15, -0.1) is 0 Å². The lowest BCUT2D eigenvalue weighted by atomic mass is 9.79. The zero-order chi connectivity index (χ0) is 14.0. The summed E-state index contributed by atoms with van der Waals surface area (Å²) in [5.41, 5.74) is -0.463. The first-order valence-corrected chi connectivity index (χ1v) is 7.38. The summed E-state index contributed by atoms with van der Waals surface area (Å²) in [5.74, 6) is 0.676. The summed E-state index contributed by atoms with van der Waals surface area (Å²) in [5, 5.41) is 0. The fourth-order valence-corrected chi connectivity index (χ4v) is 2.85. The zero-order valence-corrected chi connectivity index (χ0v) is 12.3. The standard InChI is InChI=1S/C15H25NO3/c1-15(2,3)19-14(18)16-9-12(10-16)13(17)11-7-5-4-6-8-11/h11-12H,4-10H2,1-3H3. The number of carbonyl (C=O) groups is 2. The number of likely N-dealkylation sites (tertiary alicyclic amines) is 1. The van der Waals surface area contributed by atoms with E-state index in [1.54, 1.807) is 4.90 Å². The number of Topliss-reactive ketones (excluding diaryl/α,β-unsaturated/α-hetero) is 1. The normalized spacial score (nSPS) is 21.9. The van der Waals surface area contributed by atoms with Crippen molar-refractivity contribution in [2.45, 2.75) is 58.5 Å². The van der Waals surface area contributed by atoms with E-state index in [0.717, 1.165) is 12.8 Å². The molecule has 1 aliphatic carbocycles. The number of carbonyl (C=O) groups excluding carboxylic acids is 2. The molecule has 19 heavy (non-hydrogen) atoms. The van der Waals surface area contributed by atoms with Crippen molar-refractivity contribution in [2.24, 2.45) is 11.8 Å². The summed E-state index contributed by atoms with van der Waals surface area (Å²) in [4.78, 5) is 25.7. The van der Waals surface area contributed by atoms with Crippen molar-refractivity contribution in [1.82, 2.24) is 4.90 Å². The number of amides is 1. The maximum atomic E-state index is 12.3. The summed E-state index contributed by atoms with van der Waals surface area (Å²) >= 11 is 0. The molecule has 1 saturated carbocycles. The maximum Gasteiger partial charge on any atom is 0.410 e. The second-order valence-corrected chi connectivity index (χ2v) is 6.82. The third kappa shape index (κ3) is 3.71. The van der Waals surface area contributed by atoms with Crippen LogP contribution in [0.3, 0.4) is 0 Å². The SMILES string of the molecule is CC(C)(C)OC(=O)N1CC(C(=O)C2CCCCC2)C1. The molecule has 1 amide bonds. The molecule has 2 fully saturated rings. The molecule has 0 aromatic carbocycles. The maximum absolute atomic E-state index is 12.3. The Bertz CT molecular complexity index is 347. The largest absolute Gasteiger partial charge is 0.444 e. The Kier molecular flexibility index (Phi) is 4.16. The van der Waals surface area contributed by atoms with Gasteiger partial charge in [-0.3, -0.25) is 4.79 Å². The molecular formula is C15H25NO3. The highest BCUT2D eigenvalue weighted by Crippen LogP contribution is 2.30. The van der Waals surface area contributed by atoms with Gasteiger partial charge in [0.05, 0.1) is 5.92 Å². The van der Waals surface area contributed by atoms with Crippen molar-refractivity contribution in [3.63, 3.8) is 0 Å². The molecule has 0 radical (unpaired) electrons. The Hall–Kier alpha value is -1.06. The lowest BCUT2D eigenvalue weighted by Crippen LogP contribution is -2.55. The van der Waals surface area contributed by atoms with E-state index in [4.69, 9.17) is 4.74 Å². The highest BCUT2D eigenvalue weighted by molar-refractivity contribution is 5.86. The predicted octanol–water partition coefficient (Wildman–Crippen LogP) is 3.00. The van der Waals surface area contributed by atoms with Crippen LogP contribution >= 0.6 is 0 Å². The number of rotatable bonds is 2. The van der Waals surface area contributed by atoms with Crippen molar-refractivity contribution >= 4 is 11.9 Å². The number of ether oxygens (including phenoxy) is 1. The van der Waals surface area contributed by atoms with Gasteiger partial charge in [-0.25, -0.2) is 4.79 Å². The van der Waals surface area contributed by atoms with E-state index in [1.807, 2.05) is 20.8 Å². The van der Waals surface area contributed by atoms with Crippen molar-refractivity contribution < 1.29 is 14.3 Å². The van der Waals surface area contributed by atoms with Crippen LogP contribution in [0.15, 0.2) is 0 Å². The first-order valence-electron chi connectivity index (χ1n) is 7.38. The minimum atomic E-state index is -0.463. The highest BCUT2D eigenvalue weighted by Gasteiger charge is 2.40. The molecule has 1 saturated heterocycles. The second kappa shape index (κ2) is 5.51. The molecule has 4 heteroatoms. The minimum Gasteiger partial charge on any atom is -0.444 e. The van der Waals surface area contributed by atoms with Gasteiger partial charge in [0, 0.05) is 19.0 Å². The summed E-state index contributed by atoms with van der Waals surface area (Å²) in [7, 11) is 0. The topological polar surface area (TPSA) is 46.6 Å². The Balaban J connectivity index is 1.76. The summed E-state index contributed by atoms with van der Waals surface area (Å²) < 4.78 is 5.29. The van der Waals surface area contributed by atoms with Gasteiger partial charge in [-0.05, 0) is 33.6 Å². The molecule has 0 spiro atoms. The van der Waals surface area contributed by atoms with E-state index >= 15 is 0 Å². The first kappa shape index (κ1) is 14.4. The van der Waals surface area contributed by atoms with Crippen LogP contribution < -0.4 is 0 Å². The molecule has 1 heterocycles. The van der Waals surface area contributed by atoms with Gasteiger partial charge in [0.1, 0.15) is 11.4 Å². The Morgan fingerprint density at radius 1 is 1.00 bits per heavy atom. The lowest BCUT2D eigenvalue weighted by Gasteiger charge is -2.40. The molecule has 0 bridgehead atoms. The van der Waals surface area contributed by atoms with Gasteiger partial charge in [-0.1, -0.05) is 19.3 Å². The zero-order valence-electron chi connectivity index (χ0n) is 12.3. The van der Waals surface area contributed by atoms with Gasteiger partial charge in [0.25, 0.3) is 0 Å². The van der Waals surface area contributed by atoms with E-state index in [-0.39, 0.29) is 17.9 Å². The number of ketones is 1. The Morgan fingerprint density at radius 3 is 2.11 bits per heavy atom. The second-order valence-electron chi connectivity index (χ2n) is 6.82. The summed E-state index contributed by atoms with van der Waals surface area (Å²) in [6.07, 6.45) is 5.42. The van der Waals surface area contributed by atoms with E-state index in [2.05, 4.69) is 0 Å². The van der Waals surface area contributed by atoms with Crippen molar-refractivity contribution in [1.29, 1.82) is 0 Å². The quantitative estimate of drug-likeness (QED) is 0.772. The third-order valence-corrected chi connectivity index (χ3v) is 3.94. The molecule has 0 aromatic rings. The van der Waals surface area contributed by atoms with Crippen LogP contribution in [-0.2, 0) is 9.53 Å². The van der Waals surface area contributed by atoms with Gasteiger partial charge in [-0.2, -0.15) is 0 Å². The molecule has 0 unspecified atom stereocenters. The highest BCUT2D eigenvalue weighted by atomic mass is 16.6. The molecule has 2 rings (SSSR count). The van der Waals surface area contributed by atoms with E-state index in [1.165, 1.54) is 19.3 Å². The first-order chi connectivity index (χ1) is 8.87. The fourth-order valence-electron chi connectivity index (χ4n) is 2.85. The van der Waals surface area contributed by atoms with Crippen LogP contribution in [0.1, 0.15) is 52.9 Å². The fraction of sp³-hybridized carbons (Fsp3) is 0.867. The van der Waals surface area contributed by atoms with Gasteiger partial charge >= 0.3 is 6.09 Å². The molecule has 4 nitrogen and oxygen atoms in total. The average molecular weight is 267 g/mol. The van der Waals surface area contributed by atoms with Gasteiger partial charge < -0.3 is 9.64 Å². The van der Waals surface area contributed by atoms with Crippen LogP contribution in [0.2, 0.25) is 0 Å². The lowest BCUT2D eigenvalue weighted by molar-refractivity contribution is -0.132.